The molecule has 0 bridgehead atoms. The van der Waals surface area contributed by atoms with Crippen molar-refractivity contribution in [1.29, 1.82) is 0 Å². The molecule has 2 nitrogen and oxygen atoms in total. The Morgan fingerprint density at radius 1 is 1.29 bits per heavy atom. The maximum atomic E-state index is 5.34. The van der Waals surface area contributed by atoms with Crippen molar-refractivity contribution in [3.05, 3.63) is 28.8 Å². The monoisotopic (exact) mass is 293 g/mol. The Balaban J connectivity index is 1.99. The van der Waals surface area contributed by atoms with Gasteiger partial charge in [-0.3, -0.25) is 0 Å². The normalized spacial score (nSPS) is 16.9. The average molecular weight is 293 g/mol. The van der Waals surface area contributed by atoms with Crippen molar-refractivity contribution in [1.82, 2.24) is 4.90 Å². The van der Waals surface area contributed by atoms with Crippen LogP contribution in [0.2, 0.25) is 4.71 Å². The van der Waals surface area contributed by atoms with E-state index >= 15 is 0 Å². The fourth-order valence-corrected chi connectivity index (χ4v) is 3.32. The molecule has 0 amide bonds. The van der Waals surface area contributed by atoms with E-state index in [1.807, 2.05) is 0 Å². The van der Waals surface area contributed by atoms with Crippen LogP contribution in [-0.2, 0) is 6.42 Å². The molecule has 1 aromatic rings. The number of hydrogen-bond acceptors (Lipinski definition) is 2. The third kappa shape index (κ3) is 2.86. The van der Waals surface area contributed by atoms with E-state index in [-0.39, 0.29) is 0 Å². The van der Waals surface area contributed by atoms with E-state index in [1.54, 1.807) is 7.11 Å². The summed E-state index contributed by atoms with van der Waals surface area (Å²) < 4.78 is 6.17. The predicted molar refractivity (Wildman–Crippen MR) is 72.1 cm³/mol. The summed E-state index contributed by atoms with van der Waals surface area (Å²) in [5.41, 5.74) is 4.12. The molecule has 1 fully saturated rings. The predicted octanol–water partition coefficient (Wildman–Crippen LogP) is 2.13. The number of hydrogen-bond donors (Lipinski definition) is 0. The van der Waals surface area contributed by atoms with Gasteiger partial charge in [0.15, 0.2) is 0 Å². The molecular formula is C14H20AsNO. The van der Waals surface area contributed by atoms with E-state index in [2.05, 4.69) is 47.7 Å². The van der Waals surface area contributed by atoms with Gasteiger partial charge in [0.2, 0.25) is 0 Å². The van der Waals surface area contributed by atoms with Crippen LogP contribution in [0.4, 0.5) is 0 Å². The van der Waals surface area contributed by atoms with Gasteiger partial charge < -0.3 is 0 Å². The Kier molecular flexibility index (Phi) is 4.17. The summed E-state index contributed by atoms with van der Waals surface area (Å²) in [6.45, 7) is 8.01. The Morgan fingerprint density at radius 3 is 2.59 bits per heavy atom. The zero-order valence-electron chi connectivity index (χ0n) is 10.9. The van der Waals surface area contributed by atoms with Crippen LogP contribution in [0.1, 0.15) is 16.7 Å². The molecule has 2 rings (SSSR count). The zero-order chi connectivity index (χ0) is 12.4. The van der Waals surface area contributed by atoms with Gasteiger partial charge in [-0.2, -0.15) is 0 Å². The second kappa shape index (κ2) is 5.45. The van der Waals surface area contributed by atoms with Crippen LogP contribution < -0.4 is 4.74 Å². The summed E-state index contributed by atoms with van der Waals surface area (Å²) in [5, 5.41) is 0. The first-order valence-electron chi connectivity index (χ1n) is 6.15. The van der Waals surface area contributed by atoms with E-state index < -0.39 is 0 Å². The summed E-state index contributed by atoms with van der Waals surface area (Å²) in [6, 6.07) is 4.30. The minimum absolute atomic E-state index is 0.834. The standard InChI is InChI=1S/C14H20AsNO/c1-10-11(2)14(17-3)5-4-12(10)6-7-16-8-13(15)9-16/h4-5,13H,6-9H2,1-3H3. The van der Waals surface area contributed by atoms with Gasteiger partial charge >= 0.3 is 113 Å². The molecule has 92 valence electrons. The van der Waals surface area contributed by atoms with Crippen LogP contribution in [0.25, 0.3) is 0 Å². The first kappa shape index (κ1) is 13.0. The Morgan fingerprint density at radius 2 is 2.00 bits per heavy atom. The molecule has 0 unspecified atom stereocenters. The first-order chi connectivity index (χ1) is 8.11. The summed E-state index contributed by atoms with van der Waals surface area (Å²) in [6.07, 6.45) is 1.15. The third-order valence-electron chi connectivity index (χ3n) is 3.70. The van der Waals surface area contributed by atoms with Gasteiger partial charge in [0, 0.05) is 0 Å². The first-order valence-corrected chi connectivity index (χ1v) is 7.23. The van der Waals surface area contributed by atoms with Crippen LogP contribution in [0.15, 0.2) is 12.1 Å². The number of benzene rings is 1. The van der Waals surface area contributed by atoms with Crippen molar-refractivity contribution in [2.24, 2.45) is 0 Å². The summed E-state index contributed by atoms with van der Waals surface area (Å²) in [5.74, 6) is 1.00. The second-order valence-electron chi connectivity index (χ2n) is 4.84. The summed E-state index contributed by atoms with van der Waals surface area (Å²) in [7, 11) is 1.74. The van der Waals surface area contributed by atoms with E-state index in [0.29, 0.717) is 0 Å². The van der Waals surface area contributed by atoms with Crippen molar-refractivity contribution < 1.29 is 4.74 Å². The maximum absolute atomic E-state index is 5.34. The molecule has 1 aromatic carbocycles. The van der Waals surface area contributed by atoms with Crippen LogP contribution in [0.3, 0.4) is 0 Å². The zero-order valence-corrected chi connectivity index (χ0v) is 12.7. The molecule has 0 atom stereocenters. The quantitative estimate of drug-likeness (QED) is 0.789. The van der Waals surface area contributed by atoms with E-state index in [0.717, 1.165) is 16.9 Å². The van der Waals surface area contributed by atoms with Gasteiger partial charge in [-0.15, -0.1) is 0 Å². The third-order valence-corrected chi connectivity index (χ3v) is 4.39. The molecular weight excluding hydrogens is 273 g/mol. The summed E-state index contributed by atoms with van der Waals surface area (Å²) in [4.78, 5) is 2.52. The topological polar surface area (TPSA) is 12.5 Å². The van der Waals surface area contributed by atoms with Crippen molar-refractivity contribution in [2.45, 2.75) is 25.0 Å². The fourth-order valence-electron chi connectivity index (χ4n) is 2.35. The van der Waals surface area contributed by atoms with Gasteiger partial charge in [-0.25, -0.2) is 0 Å². The molecule has 2 radical (unpaired) electrons. The van der Waals surface area contributed by atoms with Crippen LogP contribution in [0.5, 0.6) is 5.75 Å². The minimum atomic E-state index is 0.834. The molecule has 0 spiro atoms. The molecule has 0 aromatic heterocycles. The van der Waals surface area contributed by atoms with Crippen LogP contribution >= 0.6 is 0 Å². The number of ether oxygens (including phenoxy) is 1. The molecule has 3 heteroatoms. The number of nitrogens with zero attached hydrogens (tertiary/aromatic N) is 1. The molecule has 1 heterocycles. The summed E-state index contributed by atoms with van der Waals surface area (Å²) >= 11 is 2.75. The van der Waals surface area contributed by atoms with Crippen molar-refractivity contribution in [3.8, 4) is 5.75 Å². The van der Waals surface area contributed by atoms with Crippen LogP contribution in [0, 0.1) is 13.8 Å². The van der Waals surface area contributed by atoms with Crippen molar-refractivity contribution in [2.75, 3.05) is 26.7 Å². The molecule has 1 aliphatic heterocycles. The van der Waals surface area contributed by atoms with E-state index in [4.69, 9.17) is 4.74 Å². The second-order valence-corrected chi connectivity index (χ2v) is 6.37. The van der Waals surface area contributed by atoms with E-state index in [9.17, 15) is 0 Å². The number of rotatable bonds is 4. The van der Waals surface area contributed by atoms with Crippen molar-refractivity contribution >= 4 is 16.9 Å². The van der Waals surface area contributed by atoms with E-state index in [1.165, 1.54) is 36.3 Å². The van der Waals surface area contributed by atoms with Gasteiger partial charge in [0.1, 0.15) is 0 Å². The Hall–Kier alpha value is -0.462. The van der Waals surface area contributed by atoms with Crippen molar-refractivity contribution in [3.63, 3.8) is 0 Å². The Bertz CT molecular complexity index is 399. The van der Waals surface area contributed by atoms with Gasteiger partial charge in [0.25, 0.3) is 0 Å². The number of methoxy groups -OCH3 is 1. The van der Waals surface area contributed by atoms with Gasteiger partial charge in [-0.05, 0) is 0 Å². The van der Waals surface area contributed by atoms with Gasteiger partial charge in [-0.1, -0.05) is 0 Å². The molecule has 0 N–H and O–H groups in total. The number of likely N-dealkylation sites (tertiary alicyclic amines) is 1. The molecule has 1 aliphatic rings. The molecule has 0 aliphatic carbocycles. The van der Waals surface area contributed by atoms with Crippen LogP contribution in [-0.4, -0.2) is 48.5 Å². The fraction of sp³-hybridized carbons (Fsp3) is 0.571. The van der Waals surface area contributed by atoms with Gasteiger partial charge in [0.05, 0.1) is 0 Å². The molecule has 0 saturated carbocycles. The molecule has 1 saturated heterocycles. The SMILES string of the molecule is COc1ccc(CCN2CC([As])C2)c(C)c1C. The average Bonchev–Trinajstić information content (AvgIpc) is 2.28. The Labute approximate surface area is 113 Å². The molecule has 17 heavy (non-hydrogen) atoms.